The fourth-order valence-electron chi connectivity index (χ4n) is 3.85. The van der Waals surface area contributed by atoms with Crippen molar-refractivity contribution in [1.82, 2.24) is 15.0 Å². The van der Waals surface area contributed by atoms with Gasteiger partial charge in [-0.25, -0.2) is 0 Å². The second kappa shape index (κ2) is 16.3. The summed E-state index contributed by atoms with van der Waals surface area (Å²) in [5.74, 6) is 2.53. The average molecular weight is 510 g/mol. The summed E-state index contributed by atoms with van der Waals surface area (Å²) in [6.07, 6.45) is 9.75. The van der Waals surface area contributed by atoms with Crippen molar-refractivity contribution >= 4 is 10.9 Å². The standard InChI is InChI=1S/C11H13N.C9H12.C8H11N.C7H11N/c1-8(2)10-7-12-11-6-4-3-5-9(10)11;1-8(2)9-6-4-3-5-7-9;1-7(2)8-3-5-9-6-4-8;1-6(2)7-3-4-8-5-7/h3-8,12H,1-2H3;3-8H,1-2H3;3-7H,1-2H3;3-6,8H,1-2H3. The second-order valence-corrected chi connectivity index (χ2v) is 10.7. The summed E-state index contributed by atoms with van der Waals surface area (Å²) >= 11 is 0. The first kappa shape index (κ1) is 30.6. The van der Waals surface area contributed by atoms with Gasteiger partial charge in [0, 0.05) is 41.9 Å². The van der Waals surface area contributed by atoms with Gasteiger partial charge >= 0.3 is 0 Å². The zero-order valence-electron chi connectivity index (χ0n) is 24.6. The zero-order valence-corrected chi connectivity index (χ0v) is 24.6. The molecule has 3 heteroatoms. The first-order valence-electron chi connectivity index (χ1n) is 13.8. The van der Waals surface area contributed by atoms with Gasteiger partial charge in [0.05, 0.1) is 0 Å². The molecule has 2 aromatic carbocycles. The van der Waals surface area contributed by atoms with E-state index in [1.165, 1.54) is 33.2 Å². The van der Waals surface area contributed by atoms with Crippen molar-refractivity contribution in [2.45, 2.75) is 79.1 Å². The number of hydrogen-bond donors (Lipinski definition) is 2. The maximum atomic E-state index is 3.93. The largest absolute Gasteiger partial charge is 0.367 e. The Morgan fingerprint density at radius 3 is 1.53 bits per heavy atom. The van der Waals surface area contributed by atoms with Crippen molar-refractivity contribution in [1.29, 1.82) is 0 Å². The lowest BCUT2D eigenvalue weighted by Crippen LogP contribution is -1.85. The number of hydrogen-bond acceptors (Lipinski definition) is 1. The number of rotatable bonds is 4. The smallest absolute Gasteiger partial charge is 0.0456 e. The van der Waals surface area contributed by atoms with Crippen LogP contribution in [0.15, 0.2) is 104 Å². The van der Waals surface area contributed by atoms with Crippen molar-refractivity contribution in [3.05, 3.63) is 126 Å². The number of nitrogens with zero attached hydrogens (tertiary/aromatic N) is 1. The number of para-hydroxylation sites is 1. The van der Waals surface area contributed by atoms with Crippen LogP contribution in [0.5, 0.6) is 0 Å². The quantitative estimate of drug-likeness (QED) is 0.249. The van der Waals surface area contributed by atoms with Gasteiger partial charge in [-0.3, -0.25) is 4.98 Å². The molecule has 0 radical (unpaired) electrons. The van der Waals surface area contributed by atoms with Gasteiger partial charge in [-0.15, -0.1) is 0 Å². The number of fused-ring (bicyclic) bond motifs is 1. The molecule has 0 aliphatic carbocycles. The molecule has 0 fully saturated rings. The third kappa shape index (κ3) is 10.4. The molecular formula is C35H47N3. The van der Waals surface area contributed by atoms with E-state index in [-0.39, 0.29) is 0 Å². The Kier molecular flexibility index (Phi) is 13.1. The Hall–Kier alpha value is -3.59. The summed E-state index contributed by atoms with van der Waals surface area (Å²) in [5, 5.41) is 1.35. The van der Waals surface area contributed by atoms with E-state index in [0.29, 0.717) is 23.7 Å². The van der Waals surface area contributed by atoms with E-state index in [2.05, 4.69) is 131 Å². The predicted molar refractivity (Wildman–Crippen MR) is 166 cm³/mol. The zero-order chi connectivity index (χ0) is 27.9. The van der Waals surface area contributed by atoms with Crippen LogP contribution in [0.1, 0.15) is 101 Å². The monoisotopic (exact) mass is 509 g/mol. The number of aromatic amines is 2. The maximum Gasteiger partial charge on any atom is 0.0456 e. The molecule has 202 valence electrons. The summed E-state index contributed by atoms with van der Waals surface area (Å²) in [4.78, 5) is 10.2. The highest BCUT2D eigenvalue weighted by Gasteiger charge is 2.05. The first-order chi connectivity index (χ1) is 18.2. The number of benzene rings is 2. The first-order valence-corrected chi connectivity index (χ1v) is 13.8. The highest BCUT2D eigenvalue weighted by atomic mass is 14.7. The molecule has 0 saturated carbocycles. The van der Waals surface area contributed by atoms with Crippen LogP contribution in [-0.4, -0.2) is 15.0 Å². The van der Waals surface area contributed by atoms with Crippen LogP contribution < -0.4 is 0 Å². The highest BCUT2D eigenvalue weighted by Crippen LogP contribution is 2.24. The molecule has 0 unspecified atom stereocenters. The summed E-state index contributed by atoms with van der Waals surface area (Å²) in [6, 6.07) is 25.1. The molecule has 0 aliphatic heterocycles. The number of aromatic nitrogens is 3. The van der Waals surface area contributed by atoms with Gasteiger partial charge in [0.15, 0.2) is 0 Å². The summed E-state index contributed by atoms with van der Waals surface area (Å²) in [7, 11) is 0. The van der Waals surface area contributed by atoms with Gasteiger partial charge in [-0.2, -0.15) is 0 Å². The van der Waals surface area contributed by atoms with Crippen molar-refractivity contribution in [3.8, 4) is 0 Å². The normalized spacial score (nSPS) is 10.5. The van der Waals surface area contributed by atoms with Gasteiger partial charge in [0.2, 0.25) is 0 Å². The lowest BCUT2D eigenvalue weighted by molar-refractivity contribution is 0.863. The molecule has 3 aromatic heterocycles. The predicted octanol–water partition coefficient (Wildman–Crippen LogP) is 10.4. The SMILES string of the molecule is CC(C)c1c[nH]c2ccccc12.CC(C)c1cc[nH]c1.CC(C)c1ccccc1.CC(C)c1ccncc1. The molecule has 2 N–H and O–H groups in total. The highest BCUT2D eigenvalue weighted by molar-refractivity contribution is 5.83. The lowest BCUT2D eigenvalue weighted by atomic mass is 10.0. The van der Waals surface area contributed by atoms with Gasteiger partial charge in [0.25, 0.3) is 0 Å². The number of nitrogens with one attached hydrogen (secondary N) is 2. The van der Waals surface area contributed by atoms with Crippen LogP contribution in [0.3, 0.4) is 0 Å². The molecule has 0 amide bonds. The van der Waals surface area contributed by atoms with Gasteiger partial charge < -0.3 is 9.97 Å². The summed E-state index contributed by atoms with van der Waals surface area (Å²) in [6.45, 7) is 17.6. The van der Waals surface area contributed by atoms with Crippen LogP contribution >= 0.6 is 0 Å². The van der Waals surface area contributed by atoms with E-state index in [1.807, 2.05) is 43.0 Å². The lowest BCUT2D eigenvalue weighted by Gasteiger charge is -2.01. The van der Waals surface area contributed by atoms with Crippen molar-refractivity contribution in [3.63, 3.8) is 0 Å². The Morgan fingerprint density at radius 2 is 1.08 bits per heavy atom. The molecule has 3 heterocycles. The minimum atomic E-state index is 0.598. The topological polar surface area (TPSA) is 44.5 Å². The fraction of sp³-hybridized carbons (Fsp3) is 0.343. The van der Waals surface area contributed by atoms with E-state index in [4.69, 9.17) is 0 Å². The molecule has 5 rings (SSSR count). The Morgan fingerprint density at radius 1 is 0.526 bits per heavy atom. The minimum Gasteiger partial charge on any atom is -0.367 e. The van der Waals surface area contributed by atoms with Gasteiger partial charge in [-0.05, 0) is 70.2 Å². The molecule has 5 aromatic rings. The maximum absolute atomic E-state index is 3.93. The number of H-pyrrole nitrogens is 2. The molecule has 0 spiro atoms. The van der Waals surface area contributed by atoms with Crippen LogP contribution in [-0.2, 0) is 0 Å². The Labute approximate surface area is 230 Å². The average Bonchev–Trinajstić information content (AvgIpc) is 3.62. The van der Waals surface area contributed by atoms with E-state index in [9.17, 15) is 0 Å². The minimum absolute atomic E-state index is 0.598. The molecular weight excluding hydrogens is 462 g/mol. The van der Waals surface area contributed by atoms with Crippen LogP contribution in [0, 0.1) is 0 Å². The third-order valence-electron chi connectivity index (χ3n) is 6.37. The Balaban J connectivity index is 0.000000180. The van der Waals surface area contributed by atoms with Crippen molar-refractivity contribution in [2.75, 3.05) is 0 Å². The van der Waals surface area contributed by atoms with Crippen LogP contribution in [0.2, 0.25) is 0 Å². The Bertz CT molecular complexity index is 1210. The second-order valence-electron chi connectivity index (χ2n) is 10.7. The van der Waals surface area contributed by atoms with E-state index < -0.39 is 0 Å². The van der Waals surface area contributed by atoms with Crippen LogP contribution in [0.25, 0.3) is 10.9 Å². The van der Waals surface area contributed by atoms with Crippen molar-refractivity contribution in [2.24, 2.45) is 0 Å². The molecule has 0 atom stereocenters. The molecule has 0 saturated heterocycles. The van der Waals surface area contributed by atoms with E-state index in [1.54, 1.807) is 0 Å². The third-order valence-corrected chi connectivity index (χ3v) is 6.37. The molecule has 38 heavy (non-hydrogen) atoms. The van der Waals surface area contributed by atoms with Crippen molar-refractivity contribution < 1.29 is 0 Å². The number of pyridine rings is 1. The van der Waals surface area contributed by atoms with Gasteiger partial charge in [0.1, 0.15) is 0 Å². The van der Waals surface area contributed by atoms with Gasteiger partial charge in [-0.1, -0.05) is 104 Å². The van der Waals surface area contributed by atoms with Crippen LogP contribution in [0.4, 0.5) is 0 Å². The molecule has 0 aliphatic rings. The molecule has 3 nitrogen and oxygen atoms in total. The van der Waals surface area contributed by atoms with E-state index >= 15 is 0 Å². The molecule has 0 bridgehead atoms. The summed E-state index contributed by atoms with van der Waals surface area (Å²) < 4.78 is 0. The fourth-order valence-corrected chi connectivity index (χ4v) is 3.85. The summed E-state index contributed by atoms with van der Waals surface area (Å²) in [5.41, 5.74) is 6.79. The van der Waals surface area contributed by atoms with E-state index in [0.717, 1.165) is 0 Å².